The largest absolute Gasteiger partial charge is 0.495 e. The van der Waals surface area contributed by atoms with Crippen LogP contribution < -0.4 is 19.1 Å². The van der Waals surface area contributed by atoms with Crippen molar-refractivity contribution in [1.82, 2.24) is 14.8 Å². The SMILES string of the molecule is COc1ccccc1N1CCN(C(=O)c2csc(CN(Cc3cccc(C)c3)Cc3ccc4c(c3)OCO4)n2)CC1. The molecule has 0 unspecified atom stereocenters. The molecule has 1 aromatic heterocycles. The fourth-order valence-corrected chi connectivity index (χ4v) is 6.22. The van der Waals surface area contributed by atoms with Gasteiger partial charge in [-0.3, -0.25) is 9.69 Å². The molecule has 0 bridgehead atoms. The molecule has 0 atom stereocenters. The first-order valence-corrected chi connectivity index (χ1v) is 14.7. The molecule has 0 saturated carbocycles. The van der Waals surface area contributed by atoms with E-state index in [1.165, 1.54) is 11.1 Å². The van der Waals surface area contributed by atoms with Crippen LogP contribution in [0.15, 0.2) is 72.1 Å². The highest BCUT2D eigenvalue weighted by molar-refractivity contribution is 7.09. The van der Waals surface area contributed by atoms with Crippen LogP contribution in [-0.2, 0) is 19.6 Å². The summed E-state index contributed by atoms with van der Waals surface area (Å²) in [5.74, 6) is 2.41. The van der Waals surface area contributed by atoms with Gasteiger partial charge in [0, 0.05) is 44.6 Å². The molecule has 9 heteroatoms. The van der Waals surface area contributed by atoms with Crippen LogP contribution in [0.2, 0.25) is 0 Å². The van der Waals surface area contributed by atoms with Gasteiger partial charge < -0.3 is 24.0 Å². The number of carbonyl (C=O) groups is 1. The quantitative estimate of drug-likeness (QED) is 0.269. The number of hydrogen-bond acceptors (Lipinski definition) is 8. The van der Waals surface area contributed by atoms with E-state index < -0.39 is 0 Å². The van der Waals surface area contributed by atoms with Gasteiger partial charge in [0.1, 0.15) is 16.5 Å². The van der Waals surface area contributed by atoms with Gasteiger partial charge in [-0.1, -0.05) is 48.0 Å². The van der Waals surface area contributed by atoms with Crippen molar-refractivity contribution in [2.45, 2.75) is 26.6 Å². The van der Waals surface area contributed by atoms with Crippen LogP contribution in [-0.4, -0.2) is 60.8 Å². The lowest BCUT2D eigenvalue weighted by Crippen LogP contribution is -2.49. The van der Waals surface area contributed by atoms with E-state index in [9.17, 15) is 4.79 Å². The molecule has 0 spiro atoms. The standard InChI is InChI=1S/C32H34N4O4S/c1-23-6-5-7-24(16-23)18-34(19-25-10-11-29-30(17-25)40-22-39-29)20-31-33-26(21-41-31)32(37)36-14-12-35(13-15-36)27-8-3-4-9-28(27)38-2/h3-11,16-17,21H,12-15,18-20,22H2,1-2H3. The summed E-state index contributed by atoms with van der Waals surface area (Å²) in [5.41, 5.74) is 5.20. The minimum absolute atomic E-state index is 0.00631. The first-order valence-electron chi connectivity index (χ1n) is 13.8. The Kier molecular flexibility index (Phi) is 8.07. The molecule has 1 fully saturated rings. The average molecular weight is 571 g/mol. The predicted molar refractivity (Wildman–Crippen MR) is 160 cm³/mol. The van der Waals surface area contributed by atoms with Crippen LogP contribution in [0.3, 0.4) is 0 Å². The van der Waals surface area contributed by atoms with Gasteiger partial charge in [-0.05, 0) is 42.3 Å². The van der Waals surface area contributed by atoms with E-state index >= 15 is 0 Å². The van der Waals surface area contributed by atoms with Gasteiger partial charge in [0.25, 0.3) is 5.91 Å². The number of anilines is 1. The maximum atomic E-state index is 13.4. The van der Waals surface area contributed by atoms with Crippen LogP contribution in [0.5, 0.6) is 17.2 Å². The van der Waals surface area contributed by atoms with Crippen molar-refractivity contribution in [2.75, 3.05) is 45.0 Å². The molecule has 4 aromatic rings. The van der Waals surface area contributed by atoms with Crippen molar-refractivity contribution in [3.8, 4) is 17.2 Å². The normalized spacial score (nSPS) is 14.5. The molecule has 2 aliphatic heterocycles. The van der Waals surface area contributed by atoms with Crippen LogP contribution >= 0.6 is 11.3 Å². The van der Waals surface area contributed by atoms with Gasteiger partial charge in [-0.2, -0.15) is 0 Å². The summed E-state index contributed by atoms with van der Waals surface area (Å²) < 4.78 is 16.6. The summed E-state index contributed by atoms with van der Waals surface area (Å²) in [6.07, 6.45) is 0. The number of hydrogen-bond donors (Lipinski definition) is 0. The summed E-state index contributed by atoms with van der Waals surface area (Å²) in [6.45, 7) is 7.30. The van der Waals surface area contributed by atoms with Gasteiger partial charge in [0.15, 0.2) is 11.5 Å². The first-order chi connectivity index (χ1) is 20.1. The highest BCUT2D eigenvalue weighted by Crippen LogP contribution is 2.33. The third-order valence-electron chi connectivity index (χ3n) is 7.45. The second kappa shape index (κ2) is 12.2. The molecular formula is C32H34N4O4S. The number of fused-ring (bicyclic) bond motifs is 1. The number of benzene rings is 3. The summed E-state index contributed by atoms with van der Waals surface area (Å²) in [5, 5.41) is 2.82. The van der Waals surface area contributed by atoms with E-state index in [1.54, 1.807) is 18.4 Å². The van der Waals surface area contributed by atoms with Crippen molar-refractivity contribution >= 4 is 22.9 Å². The Hall–Kier alpha value is -4.08. The summed E-state index contributed by atoms with van der Waals surface area (Å²) in [6, 6.07) is 22.7. The van der Waals surface area contributed by atoms with Crippen molar-refractivity contribution in [3.63, 3.8) is 0 Å². The number of carbonyl (C=O) groups excluding carboxylic acids is 1. The Morgan fingerprint density at radius 1 is 0.927 bits per heavy atom. The smallest absolute Gasteiger partial charge is 0.273 e. The zero-order chi connectivity index (χ0) is 28.2. The highest BCUT2D eigenvalue weighted by atomic mass is 32.1. The van der Waals surface area contributed by atoms with Gasteiger partial charge in [-0.25, -0.2) is 4.98 Å². The highest BCUT2D eigenvalue weighted by Gasteiger charge is 2.25. The maximum Gasteiger partial charge on any atom is 0.273 e. The van der Waals surface area contributed by atoms with Crippen LogP contribution in [0, 0.1) is 6.92 Å². The fraction of sp³-hybridized carbons (Fsp3) is 0.312. The Balaban J connectivity index is 1.12. The third kappa shape index (κ3) is 6.31. The van der Waals surface area contributed by atoms with Crippen LogP contribution in [0.25, 0.3) is 0 Å². The zero-order valence-electron chi connectivity index (χ0n) is 23.4. The number of ether oxygens (including phenoxy) is 3. The lowest BCUT2D eigenvalue weighted by Gasteiger charge is -2.36. The number of methoxy groups -OCH3 is 1. The lowest BCUT2D eigenvalue weighted by molar-refractivity contribution is 0.0741. The van der Waals surface area contributed by atoms with Crippen molar-refractivity contribution in [2.24, 2.45) is 0 Å². The van der Waals surface area contributed by atoms with E-state index in [0.29, 0.717) is 25.3 Å². The number of thiazole rings is 1. The molecule has 2 aliphatic rings. The summed E-state index contributed by atoms with van der Waals surface area (Å²) in [4.78, 5) is 24.7. The minimum Gasteiger partial charge on any atom is -0.495 e. The number of aromatic nitrogens is 1. The van der Waals surface area contributed by atoms with E-state index in [2.05, 4.69) is 53.1 Å². The van der Waals surface area contributed by atoms with Gasteiger partial charge in [-0.15, -0.1) is 11.3 Å². The molecule has 0 radical (unpaired) electrons. The van der Waals surface area contributed by atoms with Crippen LogP contribution in [0.4, 0.5) is 5.69 Å². The van der Waals surface area contributed by atoms with E-state index in [0.717, 1.165) is 59.7 Å². The molecule has 212 valence electrons. The third-order valence-corrected chi connectivity index (χ3v) is 8.29. The number of nitrogens with zero attached hydrogens (tertiary/aromatic N) is 4. The minimum atomic E-state index is -0.00631. The number of amides is 1. The fourth-order valence-electron chi connectivity index (χ4n) is 5.41. The lowest BCUT2D eigenvalue weighted by atomic mass is 10.1. The average Bonchev–Trinajstić information content (AvgIpc) is 3.66. The second-order valence-electron chi connectivity index (χ2n) is 10.4. The Labute approximate surface area is 244 Å². The molecule has 3 aromatic carbocycles. The van der Waals surface area contributed by atoms with Crippen molar-refractivity contribution in [3.05, 3.63) is 99.5 Å². The first kappa shape index (κ1) is 27.1. The van der Waals surface area contributed by atoms with Crippen molar-refractivity contribution in [1.29, 1.82) is 0 Å². The molecule has 3 heterocycles. The number of aryl methyl sites for hydroxylation is 1. The van der Waals surface area contributed by atoms with Gasteiger partial charge in [0.05, 0.1) is 19.3 Å². The molecule has 1 amide bonds. The van der Waals surface area contributed by atoms with Crippen LogP contribution in [0.1, 0.15) is 32.2 Å². The molecule has 41 heavy (non-hydrogen) atoms. The van der Waals surface area contributed by atoms with Gasteiger partial charge >= 0.3 is 0 Å². The molecule has 6 rings (SSSR count). The summed E-state index contributed by atoms with van der Waals surface area (Å²) >= 11 is 1.55. The molecule has 0 N–H and O–H groups in total. The van der Waals surface area contributed by atoms with Gasteiger partial charge in [0.2, 0.25) is 6.79 Å². The molecule has 0 aliphatic carbocycles. The predicted octanol–water partition coefficient (Wildman–Crippen LogP) is 5.35. The monoisotopic (exact) mass is 570 g/mol. The molecule has 1 saturated heterocycles. The number of rotatable bonds is 9. The van der Waals surface area contributed by atoms with E-state index in [4.69, 9.17) is 19.2 Å². The Morgan fingerprint density at radius 3 is 2.51 bits per heavy atom. The number of piperazine rings is 1. The van der Waals surface area contributed by atoms with Crippen molar-refractivity contribution < 1.29 is 19.0 Å². The molecule has 8 nitrogen and oxygen atoms in total. The second-order valence-corrected chi connectivity index (χ2v) is 11.3. The van der Waals surface area contributed by atoms with E-state index in [-0.39, 0.29) is 12.7 Å². The van der Waals surface area contributed by atoms with E-state index in [1.807, 2.05) is 40.6 Å². The zero-order valence-corrected chi connectivity index (χ0v) is 24.2. The molecular weight excluding hydrogens is 536 g/mol. The Bertz CT molecular complexity index is 1520. The number of para-hydroxylation sites is 2. The Morgan fingerprint density at radius 2 is 1.71 bits per heavy atom. The maximum absolute atomic E-state index is 13.4. The summed E-state index contributed by atoms with van der Waals surface area (Å²) in [7, 11) is 1.69. The topological polar surface area (TPSA) is 67.4 Å².